The molecule has 0 aliphatic carbocycles. The Hall–Kier alpha value is -1.73. The van der Waals surface area contributed by atoms with Crippen LogP contribution in [0.15, 0.2) is 12.7 Å². The van der Waals surface area contributed by atoms with Crippen molar-refractivity contribution in [1.82, 2.24) is 15.0 Å². The fraction of sp³-hybridized carbons (Fsp3) is 0.615. The van der Waals surface area contributed by atoms with E-state index in [1.54, 1.807) is 6.92 Å². The highest BCUT2D eigenvalue weighted by Gasteiger charge is 2.19. The fourth-order valence-electron chi connectivity index (χ4n) is 1.48. The summed E-state index contributed by atoms with van der Waals surface area (Å²) < 4.78 is 11.7. The van der Waals surface area contributed by atoms with E-state index in [9.17, 15) is 9.90 Å². The minimum Gasteiger partial charge on any atom is -0.457 e. The zero-order valence-electron chi connectivity index (χ0n) is 12.1. The molecule has 112 valence electrons. The number of rotatable bonds is 8. The van der Waals surface area contributed by atoms with Crippen LogP contribution in [0.1, 0.15) is 30.0 Å². The minimum absolute atomic E-state index is 0.0472. The third-order valence-electron chi connectivity index (χ3n) is 2.51. The molecule has 0 bridgehead atoms. The Labute approximate surface area is 118 Å². The van der Waals surface area contributed by atoms with Crippen LogP contribution in [0.5, 0.6) is 0 Å². The molecule has 0 aliphatic rings. The zero-order chi connectivity index (χ0) is 15.1. The lowest BCUT2D eigenvalue weighted by Crippen LogP contribution is -2.25. The van der Waals surface area contributed by atoms with Crippen molar-refractivity contribution in [2.45, 2.75) is 39.5 Å². The van der Waals surface area contributed by atoms with Gasteiger partial charge in [0.2, 0.25) is 0 Å². The van der Waals surface area contributed by atoms with Crippen molar-refractivity contribution in [2.24, 2.45) is 0 Å². The molecule has 1 unspecified atom stereocenters. The highest BCUT2D eigenvalue weighted by Crippen LogP contribution is 2.07. The maximum atomic E-state index is 11.7. The monoisotopic (exact) mass is 283 g/mol. The number of hydrogen-bond donors (Lipinski definition) is 1. The third kappa shape index (κ3) is 4.75. The molecule has 7 heteroatoms. The fourth-order valence-corrected chi connectivity index (χ4v) is 1.48. The molecule has 0 saturated carbocycles. The van der Waals surface area contributed by atoms with Crippen molar-refractivity contribution < 1.29 is 19.4 Å². The van der Waals surface area contributed by atoms with Gasteiger partial charge in [-0.25, -0.2) is 9.48 Å². The van der Waals surface area contributed by atoms with E-state index >= 15 is 0 Å². The van der Waals surface area contributed by atoms with Gasteiger partial charge in [-0.2, -0.15) is 0 Å². The van der Waals surface area contributed by atoms with Crippen molar-refractivity contribution in [2.75, 3.05) is 13.2 Å². The normalized spacial score (nSPS) is 12.4. The van der Waals surface area contributed by atoms with Crippen LogP contribution in [0.25, 0.3) is 0 Å². The summed E-state index contributed by atoms with van der Waals surface area (Å²) in [4.78, 5) is 11.7. The second kappa shape index (κ2) is 7.76. The number of aromatic nitrogens is 3. The van der Waals surface area contributed by atoms with E-state index in [-0.39, 0.29) is 31.6 Å². The topological polar surface area (TPSA) is 86.5 Å². The number of hydrogen-bond acceptors (Lipinski definition) is 6. The van der Waals surface area contributed by atoms with Gasteiger partial charge < -0.3 is 14.6 Å². The Kier molecular flexibility index (Phi) is 6.33. The highest BCUT2D eigenvalue weighted by molar-refractivity contribution is 5.88. The number of ether oxygens (including phenoxy) is 2. The quantitative estimate of drug-likeness (QED) is 0.558. The summed E-state index contributed by atoms with van der Waals surface area (Å²) >= 11 is 0. The molecule has 0 saturated heterocycles. The van der Waals surface area contributed by atoms with E-state index in [1.807, 2.05) is 13.8 Å². The number of esters is 1. The molecule has 1 aromatic heterocycles. The summed E-state index contributed by atoms with van der Waals surface area (Å²) in [5.41, 5.74) is 0.687. The largest absolute Gasteiger partial charge is 0.457 e. The van der Waals surface area contributed by atoms with Gasteiger partial charge in [0.1, 0.15) is 6.61 Å². The lowest BCUT2D eigenvalue weighted by Gasteiger charge is -2.13. The molecule has 7 nitrogen and oxygen atoms in total. The molecule has 0 fully saturated rings. The molecule has 1 aromatic rings. The summed E-state index contributed by atoms with van der Waals surface area (Å²) in [7, 11) is 0. The van der Waals surface area contributed by atoms with Crippen molar-refractivity contribution in [3.8, 4) is 0 Å². The van der Waals surface area contributed by atoms with Gasteiger partial charge in [0.05, 0.1) is 31.1 Å². The van der Waals surface area contributed by atoms with Gasteiger partial charge in [-0.3, -0.25) is 0 Å². The first-order valence-corrected chi connectivity index (χ1v) is 6.43. The van der Waals surface area contributed by atoms with Gasteiger partial charge in [0.15, 0.2) is 5.69 Å². The van der Waals surface area contributed by atoms with Gasteiger partial charge in [0, 0.05) is 0 Å². The molecule has 0 aliphatic heterocycles. The van der Waals surface area contributed by atoms with Crippen LogP contribution in [0.2, 0.25) is 0 Å². The van der Waals surface area contributed by atoms with Crippen molar-refractivity contribution in [3.05, 3.63) is 24.0 Å². The summed E-state index contributed by atoms with van der Waals surface area (Å²) in [6, 6.07) is 0. The van der Waals surface area contributed by atoms with Gasteiger partial charge in [-0.15, -0.1) is 5.10 Å². The molecule has 1 rings (SSSR count). The van der Waals surface area contributed by atoms with Crippen LogP contribution in [0, 0.1) is 6.92 Å². The minimum atomic E-state index is -0.713. The highest BCUT2D eigenvalue weighted by atomic mass is 16.5. The second-order valence-corrected chi connectivity index (χ2v) is 4.63. The molecular weight excluding hydrogens is 262 g/mol. The summed E-state index contributed by atoms with van der Waals surface area (Å²) in [5.74, 6) is -0.554. The van der Waals surface area contributed by atoms with Crippen LogP contribution in [0.3, 0.4) is 0 Å². The van der Waals surface area contributed by atoms with Crippen LogP contribution < -0.4 is 0 Å². The number of nitrogens with zero attached hydrogens (tertiary/aromatic N) is 3. The maximum absolute atomic E-state index is 11.7. The number of carbonyl (C=O) groups is 1. The lowest BCUT2D eigenvalue weighted by atomic mass is 10.3. The average molecular weight is 283 g/mol. The van der Waals surface area contributed by atoms with Crippen LogP contribution >= 0.6 is 0 Å². The summed E-state index contributed by atoms with van der Waals surface area (Å²) in [6.45, 7) is 9.47. The van der Waals surface area contributed by atoms with Crippen molar-refractivity contribution in [1.29, 1.82) is 0 Å². The Morgan fingerprint density at radius 1 is 1.55 bits per heavy atom. The standard InChI is InChI=1S/C13H21N3O4/c1-5-6-19-13(18)12-10(4)16(15-14-12)7-11(17)8-20-9(2)3/h5,9,11,17H,1,6-8H2,2-4H3. The van der Waals surface area contributed by atoms with Crippen LogP contribution in [-0.4, -0.2) is 51.5 Å². The summed E-state index contributed by atoms with van der Waals surface area (Å²) in [6.07, 6.45) is 0.811. The van der Waals surface area contributed by atoms with E-state index in [2.05, 4.69) is 16.9 Å². The van der Waals surface area contributed by atoms with Gasteiger partial charge >= 0.3 is 5.97 Å². The third-order valence-corrected chi connectivity index (χ3v) is 2.51. The SMILES string of the molecule is C=CCOC(=O)c1nnn(CC(O)COC(C)C)c1C. The molecular formula is C13H21N3O4. The Balaban J connectivity index is 2.62. The first-order chi connectivity index (χ1) is 9.45. The Bertz CT molecular complexity index is 456. The van der Waals surface area contributed by atoms with Crippen LogP contribution in [0.4, 0.5) is 0 Å². The van der Waals surface area contributed by atoms with E-state index < -0.39 is 12.1 Å². The lowest BCUT2D eigenvalue weighted by molar-refractivity contribution is -0.00243. The first-order valence-electron chi connectivity index (χ1n) is 6.43. The molecule has 0 spiro atoms. The summed E-state index contributed by atoms with van der Waals surface area (Å²) in [5, 5.41) is 17.4. The smallest absolute Gasteiger partial charge is 0.361 e. The second-order valence-electron chi connectivity index (χ2n) is 4.63. The molecule has 1 atom stereocenters. The van der Waals surface area contributed by atoms with E-state index in [0.717, 1.165) is 0 Å². The maximum Gasteiger partial charge on any atom is 0.361 e. The number of aliphatic hydroxyl groups is 1. The van der Waals surface area contributed by atoms with Gasteiger partial charge in [-0.05, 0) is 20.8 Å². The van der Waals surface area contributed by atoms with Crippen molar-refractivity contribution >= 4 is 5.97 Å². The molecule has 1 N–H and O–H groups in total. The average Bonchev–Trinajstić information content (AvgIpc) is 2.75. The molecule has 0 amide bonds. The van der Waals surface area contributed by atoms with Gasteiger partial charge in [0.25, 0.3) is 0 Å². The first kappa shape index (κ1) is 16.3. The van der Waals surface area contributed by atoms with Crippen LogP contribution in [-0.2, 0) is 16.0 Å². The molecule has 0 aromatic carbocycles. The van der Waals surface area contributed by atoms with Crippen molar-refractivity contribution in [3.63, 3.8) is 0 Å². The predicted molar refractivity (Wildman–Crippen MR) is 72.3 cm³/mol. The number of aliphatic hydroxyl groups excluding tert-OH is 1. The zero-order valence-corrected chi connectivity index (χ0v) is 12.1. The molecule has 0 radical (unpaired) electrons. The Morgan fingerprint density at radius 2 is 2.25 bits per heavy atom. The molecule has 20 heavy (non-hydrogen) atoms. The number of carbonyl (C=O) groups excluding carboxylic acids is 1. The van der Waals surface area contributed by atoms with E-state index in [0.29, 0.717) is 5.69 Å². The Morgan fingerprint density at radius 3 is 2.85 bits per heavy atom. The molecule has 1 heterocycles. The van der Waals surface area contributed by atoms with Gasteiger partial charge in [-0.1, -0.05) is 17.9 Å². The predicted octanol–water partition coefficient (Wildman–Crippen LogP) is 0.715. The van der Waals surface area contributed by atoms with E-state index in [4.69, 9.17) is 9.47 Å². The van der Waals surface area contributed by atoms with E-state index in [1.165, 1.54) is 10.8 Å².